The Morgan fingerprint density at radius 1 is 1.53 bits per heavy atom. The van der Waals surface area contributed by atoms with E-state index in [0.29, 0.717) is 12.3 Å². The number of aryl methyl sites for hydroxylation is 1. The predicted molar refractivity (Wildman–Crippen MR) is 69.0 cm³/mol. The number of nitrogens with one attached hydrogen (secondary N) is 1. The van der Waals surface area contributed by atoms with Crippen LogP contribution in [-0.2, 0) is 4.79 Å². The van der Waals surface area contributed by atoms with Crippen molar-refractivity contribution in [2.45, 2.75) is 39.0 Å². The van der Waals surface area contributed by atoms with E-state index in [0.717, 1.165) is 22.7 Å². The van der Waals surface area contributed by atoms with E-state index in [1.165, 1.54) is 37.0 Å². The molecule has 2 bridgehead atoms. The van der Waals surface area contributed by atoms with Crippen molar-refractivity contribution in [1.29, 1.82) is 0 Å². The number of fused-ring (bicyclic) bond motifs is 2. The van der Waals surface area contributed by atoms with Crippen molar-refractivity contribution >= 4 is 22.4 Å². The molecule has 3 rings (SSSR count). The maximum Gasteiger partial charge on any atom is 0.226 e. The normalized spacial score (nSPS) is 30.8. The minimum absolute atomic E-state index is 0.150. The number of anilines is 1. The summed E-state index contributed by atoms with van der Waals surface area (Å²) in [5, 5.41) is 5.63. The Hall–Kier alpha value is -0.900. The molecular formula is C13H18N2OS. The van der Waals surface area contributed by atoms with Crippen LogP contribution in [0.3, 0.4) is 0 Å². The quantitative estimate of drug-likeness (QED) is 0.895. The van der Waals surface area contributed by atoms with Crippen LogP contribution in [0, 0.1) is 24.7 Å². The smallest absolute Gasteiger partial charge is 0.226 e. The summed E-state index contributed by atoms with van der Waals surface area (Å²) < 4.78 is 0. The molecule has 1 heterocycles. The summed E-state index contributed by atoms with van der Waals surface area (Å²) in [5.74, 6) is 2.52. The van der Waals surface area contributed by atoms with Crippen LogP contribution in [0.25, 0.3) is 0 Å². The molecule has 0 aliphatic heterocycles. The molecule has 2 fully saturated rings. The van der Waals surface area contributed by atoms with E-state index in [9.17, 15) is 4.79 Å². The maximum atomic E-state index is 11.9. The Bertz CT molecular complexity index is 429. The van der Waals surface area contributed by atoms with Crippen LogP contribution in [0.1, 0.15) is 37.8 Å². The number of aromatic nitrogens is 1. The third-order valence-corrected chi connectivity index (χ3v) is 5.07. The second-order valence-corrected chi connectivity index (χ2v) is 6.34. The van der Waals surface area contributed by atoms with E-state index < -0.39 is 0 Å². The van der Waals surface area contributed by atoms with Crippen molar-refractivity contribution in [3.8, 4) is 0 Å². The van der Waals surface area contributed by atoms with E-state index in [2.05, 4.69) is 10.3 Å². The van der Waals surface area contributed by atoms with Gasteiger partial charge in [0.25, 0.3) is 0 Å². The zero-order valence-electron chi connectivity index (χ0n) is 10.1. The van der Waals surface area contributed by atoms with Crippen LogP contribution in [0.5, 0.6) is 0 Å². The highest BCUT2D eigenvalue weighted by molar-refractivity contribution is 7.13. The van der Waals surface area contributed by atoms with Crippen molar-refractivity contribution in [2.75, 3.05) is 5.32 Å². The fraction of sp³-hybridized carbons (Fsp3) is 0.692. The molecule has 0 unspecified atom stereocenters. The lowest BCUT2D eigenvalue weighted by Gasteiger charge is -2.20. The maximum absolute atomic E-state index is 11.9. The summed E-state index contributed by atoms with van der Waals surface area (Å²) >= 11 is 1.51. The molecule has 4 heteroatoms. The molecule has 3 nitrogen and oxygen atoms in total. The van der Waals surface area contributed by atoms with Gasteiger partial charge in [-0.1, -0.05) is 6.42 Å². The average molecular weight is 250 g/mol. The van der Waals surface area contributed by atoms with Gasteiger partial charge in [0.2, 0.25) is 5.91 Å². The largest absolute Gasteiger partial charge is 0.302 e. The van der Waals surface area contributed by atoms with E-state index in [4.69, 9.17) is 0 Å². The molecule has 1 N–H and O–H groups in total. The number of amides is 1. The fourth-order valence-electron chi connectivity index (χ4n) is 3.45. The summed E-state index contributed by atoms with van der Waals surface area (Å²) in [6.07, 6.45) is 6.08. The van der Waals surface area contributed by atoms with Gasteiger partial charge in [-0.25, -0.2) is 4.98 Å². The molecule has 2 aliphatic rings. The lowest BCUT2D eigenvalue weighted by molar-refractivity contribution is -0.117. The third kappa shape index (κ3) is 2.37. The number of thiazole rings is 1. The van der Waals surface area contributed by atoms with Gasteiger partial charge in [0, 0.05) is 11.8 Å². The van der Waals surface area contributed by atoms with Gasteiger partial charge in [-0.3, -0.25) is 4.79 Å². The molecule has 1 aromatic heterocycles. The standard InChI is InChI=1S/C13H18N2OS/c1-8-7-17-13(14-8)15-12(16)6-11-5-9-2-3-10(11)4-9/h7,9-11H,2-6H2,1H3,(H,14,15,16)/t9-,10+,11+/m0/s1. The number of hydrogen-bond acceptors (Lipinski definition) is 3. The number of carbonyl (C=O) groups excluding carboxylic acids is 1. The van der Waals surface area contributed by atoms with Gasteiger partial charge in [0.15, 0.2) is 5.13 Å². The van der Waals surface area contributed by atoms with Gasteiger partial charge in [-0.05, 0) is 43.9 Å². The van der Waals surface area contributed by atoms with Crippen LogP contribution in [-0.4, -0.2) is 10.9 Å². The minimum Gasteiger partial charge on any atom is -0.302 e. The van der Waals surface area contributed by atoms with E-state index in [1.54, 1.807) is 0 Å². The monoisotopic (exact) mass is 250 g/mol. The molecule has 0 radical (unpaired) electrons. The van der Waals surface area contributed by atoms with E-state index in [1.807, 2.05) is 12.3 Å². The molecule has 1 aromatic rings. The molecule has 2 saturated carbocycles. The predicted octanol–water partition coefficient (Wildman–Crippen LogP) is 3.22. The first-order chi connectivity index (χ1) is 8.20. The zero-order valence-corrected chi connectivity index (χ0v) is 10.9. The van der Waals surface area contributed by atoms with Gasteiger partial charge in [-0.15, -0.1) is 11.3 Å². The van der Waals surface area contributed by atoms with Crippen molar-refractivity contribution in [2.24, 2.45) is 17.8 Å². The number of nitrogens with zero attached hydrogens (tertiary/aromatic N) is 1. The van der Waals surface area contributed by atoms with Crippen LogP contribution in [0.2, 0.25) is 0 Å². The van der Waals surface area contributed by atoms with Crippen molar-refractivity contribution in [3.05, 3.63) is 11.1 Å². The van der Waals surface area contributed by atoms with Crippen LogP contribution in [0.15, 0.2) is 5.38 Å². The average Bonchev–Trinajstić information content (AvgIpc) is 2.95. The Morgan fingerprint density at radius 3 is 3.00 bits per heavy atom. The van der Waals surface area contributed by atoms with Crippen molar-refractivity contribution in [1.82, 2.24) is 4.98 Å². The van der Waals surface area contributed by atoms with E-state index >= 15 is 0 Å². The Morgan fingerprint density at radius 2 is 2.41 bits per heavy atom. The summed E-state index contributed by atoms with van der Waals surface area (Å²) in [7, 11) is 0. The first-order valence-corrected chi connectivity index (χ1v) is 7.30. The molecule has 0 spiro atoms. The second kappa shape index (κ2) is 4.41. The SMILES string of the molecule is Cc1csc(NC(=O)C[C@H]2C[C@H]3CC[C@@H]2C3)n1. The first-order valence-electron chi connectivity index (χ1n) is 6.42. The molecule has 17 heavy (non-hydrogen) atoms. The first kappa shape index (κ1) is 11.2. The van der Waals surface area contributed by atoms with Gasteiger partial charge in [-0.2, -0.15) is 0 Å². The lowest BCUT2D eigenvalue weighted by Crippen LogP contribution is -2.20. The van der Waals surface area contributed by atoms with Gasteiger partial charge in [0.05, 0.1) is 5.69 Å². The zero-order chi connectivity index (χ0) is 11.8. The molecule has 1 amide bonds. The van der Waals surface area contributed by atoms with Gasteiger partial charge in [0.1, 0.15) is 0 Å². The number of carbonyl (C=O) groups is 1. The topological polar surface area (TPSA) is 42.0 Å². The van der Waals surface area contributed by atoms with Gasteiger partial charge >= 0.3 is 0 Å². The molecule has 2 aliphatic carbocycles. The Labute approximate surface area is 106 Å². The Balaban J connectivity index is 1.54. The summed E-state index contributed by atoms with van der Waals surface area (Å²) in [6, 6.07) is 0. The highest BCUT2D eigenvalue weighted by Gasteiger charge is 2.40. The minimum atomic E-state index is 0.150. The molecular weight excluding hydrogens is 232 g/mol. The van der Waals surface area contributed by atoms with Crippen molar-refractivity contribution < 1.29 is 4.79 Å². The molecule has 0 saturated heterocycles. The molecule has 3 atom stereocenters. The van der Waals surface area contributed by atoms with Crippen LogP contribution >= 0.6 is 11.3 Å². The van der Waals surface area contributed by atoms with Crippen LogP contribution < -0.4 is 5.32 Å². The molecule has 92 valence electrons. The highest BCUT2D eigenvalue weighted by atomic mass is 32.1. The van der Waals surface area contributed by atoms with E-state index in [-0.39, 0.29) is 5.91 Å². The molecule has 0 aromatic carbocycles. The summed E-state index contributed by atoms with van der Waals surface area (Å²) in [6.45, 7) is 1.95. The van der Waals surface area contributed by atoms with Gasteiger partial charge < -0.3 is 5.32 Å². The highest BCUT2D eigenvalue weighted by Crippen LogP contribution is 2.49. The lowest BCUT2D eigenvalue weighted by atomic mass is 9.86. The van der Waals surface area contributed by atoms with Crippen molar-refractivity contribution in [3.63, 3.8) is 0 Å². The third-order valence-electron chi connectivity index (χ3n) is 4.20. The summed E-state index contributed by atoms with van der Waals surface area (Å²) in [5.41, 5.74) is 0.977. The fourth-order valence-corrected chi connectivity index (χ4v) is 4.15. The number of rotatable bonds is 3. The second-order valence-electron chi connectivity index (χ2n) is 5.48. The Kier molecular flexibility index (Phi) is 2.90. The number of hydrogen-bond donors (Lipinski definition) is 1. The summed E-state index contributed by atoms with van der Waals surface area (Å²) in [4.78, 5) is 16.2. The van der Waals surface area contributed by atoms with Crippen LogP contribution in [0.4, 0.5) is 5.13 Å².